The number of nitriles is 1. The molecule has 0 N–H and O–H groups in total. The van der Waals surface area contributed by atoms with Crippen molar-refractivity contribution in [2.75, 3.05) is 0 Å². The van der Waals surface area contributed by atoms with Crippen molar-refractivity contribution in [2.45, 2.75) is 6.92 Å². The third kappa shape index (κ3) is 3.09. The maximum atomic E-state index is 10.7. The fraction of sp³-hybridized carbons (Fsp3) is 0.0625. The SMILES string of the molecule is Cc1cccc(C(C#N)=Cc2cccc([N+](=O)[O-])c2)c1. The van der Waals surface area contributed by atoms with Gasteiger partial charge >= 0.3 is 0 Å². The summed E-state index contributed by atoms with van der Waals surface area (Å²) in [7, 11) is 0. The number of nitro groups is 1. The van der Waals surface area contributed by atoms with E-state index >= 15 is 0 Å². The standard InChI is InChI=1S/C16H12N2O2/c1-12-4-2-6-14(8-12)15(11-17)9-13-5-3-7-16(10-13)18(19)20/h2-10H,1H3. The second-order valence-corrected chi connectivity index (χ2v) is 4.39. The van der Waals surface area contributed by atoms with E-state index in [0.717, 1.165) is 11.1 Å². The first kappa shape index (κ1) is 13.5. The van der Waals surface area contributed by atoms with Crippen LogP contribution in [0.5, 0.6) is 0 Å². The summed E-state index contributed by atoms with van der Waals surface area (Å²) in [5.74, 6) is 0. The van der Waals surface area contributed by atoms with Crippen molar-refractivity contribution in [3.8, 4) is 6.07 Å². The lowest BCUT2D eigenvalue weighted by molar-refractivity contribution is -0.384. The van der Waals surface area contributed by atoms with Gasteiger partial charge in [0.2, 0.25) is 0 Å². The Labute approximate surface area is 116 Å². The molecule has 0 aliphatic rings. The lowest BCUT2D eigenvalue weighted by Gasteiger charge is -2.01. The molecule has 0 atom stereocenters. The fourth-order valence-corrected chi connectivity index (χ4v) is 1.89. The van der Waals surface area contributed by atoms with Gasteiger partial charge in [-0.15, -0.1) is 0 Å². The molecule has 0 saturated heterocycles. The molecule has 0 bridgehead atoms. The Hall–Kier alpha value is -2.93. The number of hydrogen-bond donors (Lipinski definition) is 0. The summed E-state index contributed by atoms with van der Waals surface area (Å²) >= 11 is 0. The number of hydrogen-bond acceptors (Lipinski definition) is 3. The summed E-state index contributed by atoms with van der Waals surface area (Å²) in [4.78, 5) is 10.3. The predicted molar refractivity (Wildman–Crippen MR) is 77.8 cm³/mol. The van der Waals surface area contributed by atoms with Gasteiger partial charge in [-0.2, -0.15) is 5.26 Å². The molecule has 0 aliphatic carbocycles. The second kappa shape index (κ2) is 5.81. The van der Waals surface area contributed by atoms with Crippen LogP contribution >= 0.6 is 0 Å². The van der Waals surface area contributed by atoms with Gasteiger partial charge in [0.25, 0.3) is 5.69 Å². The van der Waals surface area contributed by atoms with Crippen LogP contribution in [0.1, 0.15) is 16.7 Å². The monoisotopic (exact) mass is 264 g/mol. The van der Waals surface area contributed by atoms with Crippen LogP contribution in [-0.2, 0) is 0 Å². The van der Waals surface area contributed by atoms with Crippen molar-refractivity contribution in [1.82, 2.24) is 0 Å². The number of benzene rings is 2. The quantitative estimate of drug-likeness (QED) is 0.364. The van der Waals surface area contributed by atoms with E-state index in [1.807, 2.05) is 31.2 Å². The van der Waals surface area contributed by atoms with Gasteiger partial charge in [-0.05, 0) is 24.1 Å². The molecule has 2 aromatic rings. The van der Waals surface area contributed by atoms with E-state index in [2.05, 4.69) is 6.07 Å². The molecule has 0 aromatic heterocycles. The van der Waals surface area contributed by atoms with Gasteiger partial charge in [0, 0.05) is 12.1 Å². The van der Waals surface area contributed by atoms with Crippen molar-refractivity contribution in [2.24, 2.45) is 0 Å². The number of rotatable bonds is 3. The molecule has 0 spiro atoms. The fourth-order valence-electron chi connectivity index (χ4n) is 1.89. The van der Waals surface area contributed by atoms with Gasteiger partial charge in [-0.1, -0.05) is 42.0 Å². The summed E-state index contributed by atoms with van der Waals surface area (Å²) < 4.78 is 0. The van der Waals surface area contributed by atoms with E-state index in [1.165, 1.54) is 12.1 Å². The van der Waals surface area contributed by atoms with Gasteiger partial charge < -0.3 is 0 Å². The lowest BCUT2D eigenvalue weighted by atomic mass is 10.0. The van der Waals surface area contributed by atoms with Crippen LogP contribution in [0, 0.1) is 28.4 Å². The second-order valence-electron chi connectivity index (χ2n) is 4.39. The molecule has 2 rings (SSSR count). The van der Waals surface area contributed by atoms with Crippen LogP contribution in [-0.4, -0.2) is 4.92 Å². The third-order valence-electron chi connectivity index (χ3n) is 2.84. The van der Waals surface area contributed by atoms with Crippen molar-refractivity contribution >= 4 is 17.3 Å². The van der Waals surface area contributed by atoms with Crippen LogP contribution in [0.25, 0.3) is 11.6 Å². The molecule has 4 heteroatoms. The summed E-state index contributed by atoms with van der Waals surface area (Å²) in [5.41, 5.74) is 2.99. The summed E-state index contributed by atoms with van der Waals surface area (Å²) in [6.07, 6.45) is 1.65. The Morgan fingerprint density at radius 2 is 2.00 bits per heavy atom. The Morgan fingerprint density at radius 1 is 1.25 bits per heavy atom. The average molecular weight is 264 g/mol. The largest absolute Gasteiger partial charge is 0.270 e. The first-order valence-electron chi connectivity index (χ1n) is 6.03. The van der Waals surface area contributed by atoms with Gasteiger partial charge in [-0.25, -0.2) is 0 Å². The number of allylic oxidation sites excluding steroid dienone is 1. The van der Waals surface area contributed by atoms with Crippen LogP contribution in [0.3, 0.4) is 0 Å². The van der Waals surface area contributed by atoms with E-state index < -0.39 is 4.92 Å². The highest BCUT2D eigenvalue weighted by atomic mass is 16.6. The van der Waals surface area contributed by atoms with E-state index in [0.29, 0.717) is 11.1 Å². The number of non-ortho nitro benzene ring substituents is 1. The molecule has 98 valence electrons. The van der Waals surface area contributed by atoms with Crippen LogP contribution in [0.2, 0.25) is 0 Å². The molecule has 0 heterocycles. The molecule has 20 heavy (non-hydrogen) atoms. The Morgan fingerprint density at radius 3 is 2.65 bits per heavy atom. The number of nitrogens with zero attached hydrogens (tertiary/aromatic N) is 2. The highest BCUT2D eigenvalue weighted by Gasteiger charge is 2.06. The van der Waals surface area contributed by atoms with Crippen molar-refractivity contribution in [1.29, 1.82) is 5.26 Å². The van der Waals surface area contributed by atoms with E-state index in [1.54, 1.807) is 18.2 Å². The van der Waals surface area contributed by atoms with E-state index in [-0.39, 0.29) is 5.69 Å². The van der Waals surface area contributed by atoms with Gasteiger partial charge in [-0.3, -0.25) is 10.1 Å². The van der Waals surface area contributed by atoms with Crippen LogP contribution in [0.15, 0.2) is 48.5 Å². The minimum atomic E-state index is -0.448. The zero-order chi connectivity index (χ0) is 14.5. The third-order valence-corrected chi connectivity index (χ3v) is 2.84. The summed E-state index contributed by atoms with van der Waals surface area (Å²) in [6, 6.07) is 15.9. The van der Waals surface area contributed by atoms with Crippen molar-refractivity contribution in [3.63, 3.8) is 0 Å². The van der Waals surface area contributed by atoms with E-state index in [9.17, 15) is 15.4 Å². The zero-order valence-electron chi connectivity index (χ0n) is 10.9. The molecular formula is C16H12N2O2. The zero-order valence-corrected chi connectivity index (χ0v) is 10.9. The van der Waals surface area contributed by atoms with Gasteiger partial charge in [0.1, 0.15) is 0 Å². The predicted octanol–water partition coefficient (Wildman–Crippen LogP) is 3.97. The number of aryl methyl sites for hydroxylation is 1. The van der Waals surface area contributed by atoms with Crippen LogP contribution < -0.4 is 0 Å². The molecule has 4 nitrogen and oxygen atoms in total. The van der Waals surface area contributed by atoms with Crippen molar-refractivity contribution < 1.29 is 4.92 Å². The average Bonchev–Trinajstić information content (AvgIpc) is 2.45. The summed E-state index contributed by atoms with van der Waals surface area (Å²) in [5, 5.41) is 20.0. The summed E-state index contributed by atoms with van der Waals surface area (Å²) in [6.45, 7) is 1.95. The minimum Gasteiger partial charge on any atom is -0.258 e. The molecular weight excluding hydrogens is 252 g/mol. The van der Waals surface area contributed by atoms with Gasteiger partial charge in [0.05, 0.1) is 16.6 Å². The molecule has 0 aliphatic heterocycles. The molecule has 0 unspecified atom stereocenters. The maximum absolute atomic E-state index is 10.7. The normalized spacial score (nSPS) is 10.9. The molecule has 0 fully saturated rings. The molecule has 0 amide bonds. The minimum absolute atomic E-state index is 0.0142. The first-order valence-corrected chi connectivity index (χ1v) is 6.03. The smallest absolute Gasteiger partial charge is 0.258 e. The molecule has 0 saturated carbocycles. The van der Waals surface area contributed by atoms with Gasteiger partial charge in [0.15, 0.2) is 0 Å². The Kier molecular flexibility index (Phi) is 3.92. The Bertz CT molecular complexity index is 727. The highest BCUT2D eigenvalue weighted by Crippen LogP contribution is 2.21. The number of nitro benzene ring substituents is 1. The topological polar surface area (TPSA) is 66.9 Å². The maximum Gasteiger partial charge on any atom is 0.270 e. The Balaban J connectivity index is 2.44. The molecule has 0 radical (unpaired) electrons. The first-order chi connectivity index (χ1) is 9.60. The lowest BCUT2D eigenvalue weighted by Crippen LogP contribution is -1.88. The van der Waals surface area contributed by atoms with Crippen molar-refractivity contribution in [3.05, 3.63) is 75.3 Å². The van der Waals surface area contributed by atoms with E-state index in [4.69, 9.17) is 0 Å². The van der Waals surface area contributed by atoms with Crippen LogP contribution in [0.4, 0.5) is 5.69 Å². The highest BCUT2D eigenvalue weighted by molar-refractivity contribution is 5.89. The molecule has 2 aromatic carbocycles.